The summed E-state index contributed by atoms with van der Waals surface area (Å²) in [6.07, 6.45) is 0. The molecular formula is C18H19N3OS3. The number of benzene rings is 1. The van der Waals surface area contributed by atoms with Crippen LogP contribution in [0.2, 0.25) is 0 Å². The minimum Gasteiger partial charge on any atom is -0.274 e. The molecule has 1 amide bonds. The maximum Gasteiger partial charge on any atom is 0.230 e. The highest BCUT2D eigenvalue weighted by molar-refractivity contribution is 8.00. The van der Waals surface area contributed by atoms with Gasteiger partial charge in [-0.05, 0) is 44.0 Å². The number of nitrogens with zero attached hydrogens (tertiary/aromatic N) is 3. The molecule has 2 heterocycles. The SMILES string of the molecule is CC(=O)N(c1ccc(C)c(C)c1)c1nc(CSc2nc(C)cs2)cs1. The van der Waals surface area contributed by atoms with Crippen LogP contribution in [0.25, 0.3) is 0 Å². The minimum absolute atomic E-state index is 0.0349. The molecule has 2 aromatic heterocycles. The summed E-state index contributed by atoms with van der Waals surface area (Å²) in [6, 6.07) is 6.04. The van der Waals surface area contributed by atoms with Gasteiger partial charge in [0.25, 0.3) is 0 Å². The number of rotatable bonds is 5. The Labute approximate surface area is 159 Å². The molecule has 0 spiro atoms. The lowest BCUT2D eigenvalue weighted by Gasteiger charge is -2.19. The van der Waals surface area contributed by atoms with Crippen molar-refractivity contribution in [1.29, 1.82) is 0 Å². The van der Waals surface area contributed by atoms with Gasteiger partial charge in [-0.25, -0.2) is 9.97 Å². The Bertz CT molecular complexity index is 901. The van der Waals surface area contributed by atoms with E-state index in [2.05, 4.69) is 23.8 Å². The van der Waals surface area contributed by atoms with Crippen molar-refractivity contribution in [1.82, 2.24) is 9.97 Å². The summed E-state index contributed by atoms with van der Waals surface area (Å²) >= 11 is 4.82. The molecule has 0 atom stereocenters. The highest BCUT2D eigenvalue weighted by Crippen LogP contribution is 2.32. The van der Waals surface area contributed by atoms with Crippen molar-refractivity contribution < 1.29 is 4.79 Å². The predicted molar refractivity (Wildman–Crippen MR) is 107 cm³/mol. The molecule has 0 aliphatic rings. The van der Waals surface area contributed by atoms with E-state index in [-0.39, 0.29) is 5.91 Å². The molecule has 25 heavy (non-hydrogen) atoms. The smallest absolute Gasteiger partial charge is 0.230 e. The number of aryl methyl sites for hydroxylation is 3. The van der Waals surface area contributed by atoms with Crippen molar-refractivity contribution in [3.63, 3.8) is 0 Å². The van der Waals surface area contributed by atoms with Crippen LogP contribution in [-0.2, 0) is 10.5 Å². The molecule has 0 radical (unpaired) electrons. The fraction of sp³-hybridized carbons (Fsp3) is 0.278. The first-order valence-electron chi connectivity index (χ1n) is 7.81. The number of thiazole rings is 2. The number of amides is 1. The maximum atomic E-state index is 12.2. The number of thioether (sulfide) groups is 1. The van der Waals surface area contributed by atoms with Crippen molar-refractivity contribution in [2.75, 3.05) is 4.90 Å². The van der Waals surface area contributed by atoms with Crippen molar-refractivity contribution >= 4 is 51.2 Å². The standard InChI is InChI=1S/C18H19N3OS3/c1-11-5-6-16(7-12(11)2)21(14(4)22)17-20-15(9-23-17)10-25-18-19-13(3)8-24-18/h5-9H,10H2,1-4H3. The largest absolute Gasteiger partial charge is 0.274 e. The number of aromatic nitrogens is 2. The van der Waals surface area contributed by atoms with Crippen LogP contribution in [0.1, 0.15) is 29.4 Å². The molecule has 0 aliphatic carbocycles. The number of hydrogen-bond donors (Lipinski definition) is 0. The van der Waals surface area contributed by atoms with E-state index in [0.29, 0.717) is 5.13 Å². The zero-order valence-corrected chi connectivity index (χ0v) is 17.0. The Kier molecular flexibility index (Phi) is 5.56. The third-order valence-electron chi connectivity index (χ3n) is 3.74. The monoisotopic (exact) mass is 389 g/mol. The predicted octanol–water partition coefficient (Wildman–Crippen LogP) is 5.50. The number of hydrogen-bond acceptors (Lipinski definition) is 6. The van der Waals surface area contributed by atoms with Gasteiger partial charge in [-0.15, -0.1) is 22.7 Å². The molecular weight excluding hydrogens is 370 g/mol. The lowest BCUT2D eigenvalue weighted by atomic mass is 10.1. The summed E-state index contributed by atoms with van der Waals surface area (Å²) in [7, 11) is 0. The molecule has 0 aliphatic heterocycles. The first-order chi connectivity index (χ1) is 11.9. The summed E-state index contributed by atoms with van der Waals surface area (Å²) in [6.45, 7) is 7.69. The molecule has 3 rings (SSSR count). The highest BCUT2D eigenvalue weighted by atomic mass is 32.2. The normalized spacial score (nSPS) is 10.9. The van der Waals surface area contributed by atoms with Gasteiger partial charge in [-0.2, -0.15) is 0 Å². The minimum atomic E-state index is -0.0349. The van der Waals surface area contributed by atoms with E-state index in [1.807, 2.05) is 35.9 Å². The fourth-order valence-electron chi connectivity index (χ4n) is 2.29. The molecule has 4 nitrogen and oxygen atoms in total. The fourth-order valence-corrected chi connectivity index (χ4v) is 5.03. The molecule has 1 aromatic carbocycles. The summed E-state index contributed by atoms with van der Waals surface area (Å²) in [5.41, 5.74) is 5.24. The Morgan fingerprint density at radius 1 is 1.12 bits per heavy atom. The van der Waals surface area contributed by atoms with Crippen LogP contribution in [0, 0.1) is 20.8 Å². The van der Waals surface area contributed by atoms with E-state index < -0.39 is 0 Å². The van der Waals surface area contributed by atoms with Crippen LogP contribution >= 0.6 is 34.4 Å². The van der Waals surface area contributed by atoms with E-state index in [4.69, 9.17) is 0 Å². The van der Waals surface area contributed by atoms with Gasteiger partial charge in [0.05, 0.1) is 11.4 Å². The first kappa shape index (κ1) is 18.1. The van der Waals surface area contributed by atoms with Gasteiger partial charge in [0.1, 0.15) is 4.34 Å². The topological polar surface area (TPSA) is 46.1 Å². The maximum absolute atomic E-state index is 12.2. The van der Waals surface area contributed by atoms with Gasteiger partial charge in [0.2, 0.25) is 5.91 Å². The highest BCUT2D eigenvalue weighted by Gasteiger charge is 2.18. The van der Waals surface area contributed by atoms with Gasteiger partial charge in [0, 0.05) is 29.1 Å². The third kappa shape index (κ3) is 4.29. The first-order valence-corrected chi connectivity index (χ1v) is 10.6. The van der Waals surface area contributed by atoms with E-state index in [1.54, 1.807) is 34.9 Å². The van der Waals surface area contributed by atoms with Crippen molar-refractivity contribution in [2.45, 2.75) is 37.8 Å². The van der Waals surface area contributed by atoms with Gasteiger partial charge in [-0.3, -0.25) is 9.69 Å². The molecule has 0 saturated heterocycles. The van der Waals surface area contributed by atoms with Crippen LogP contribution in [-0.4, -0.2) is 15.9 Å². The molecule has 3 aromatic rings. The summed E-state index contributed by atoms with van der Waals surface area (Å²) in [4.78, 5) is 23.0. The quantitative estimate of drug-likeness (QED) is 0.540. The van der Waals surface area contributed by atoms with Gasteiger partial charge >= 0.3 is 0 Å². The Morgan fingerprint density at radius 2 is 1.92 bits per heavy atom. The molecule has 0 saturated carbocycles. The zero-order chi connectivity index (χ0) is 18.0. The molecule has 0 fully saturated rings. The molecule has 0 N–H and O–H groups in total. The van der Waals surface area contributed by atoms with Crippen LogP contribution in [0.4, 0.5) is 10.8 Å². The lowest BCUT2D eigenvalue weighted by Crippen LogP contribution is -2.22. The van der Waals surface area contributed by atoms with Crippen molar-refractivity contribution in [3.8, 4) is 0 Å². The molecule has 7 heteroatoms. The van der Waals surface area contributed by atoms with Crippen molar-refractivity contribution in [2.24, 2.45) is 0 Å². The zero-order valence-electron chi connectivity index (χ0n) is 14.6. The van der Waals surface area contributed by atoms with Crippen molar-refractivity contribution in [3.05, 3.63) is 51.5 Å². The van der Waals surface area contributed by atoms with Gasteiger partial charge < -0.3 is 0 Å². The third-order valence-corrected chi connectivity index (χ3v) is 6.78. The Morgan fingerprint density at radius 3 is 2.56 bits per heavy atom. The second kappa shape index (κ2) is 7.68. The number of carbonyl (C=O) groups excluding carboxylic acids is 1. The van der Waals surface area contributed by atoms with E-state index >= 15 is 0 Å². The van der Waals surface area contributed by atoms with Gasteiger partial charge in [0.15, 0.2) is 5.13 Å². The average molecular weight is 390 g/mol. The van der Waals surface area contributed by atoms with E-state index in [9.17, 15) is 4.79 Å². The van der Waals surface area contributed by atoms with E-state index in [0.717, 1.165) is 32.7 Å². The summed E-state index contributed by atoms with van der Waals surface area (Å²) < 4.78 is 1.05. The number of anilines is 2. The van der Waals surface area contributed by atoms with Crippen LogP contribution < -0.4 is 4.90 Å². The second-order valence-corrected chi connectivity index (χ2v) is 8.70. The molecule has 0 bridgehead atoms. The lowest BCUT2D eigenvalue weighted by molar-refractivity contribution is -0.115. The van der Waals surface area contributed by atoms with Crippen LogP contribution in [0.3, 0.4) is 0 Å². The second-order valence-electron chi connectivity index (χ2n) is 5.79. The van der Waals surface area contributed by atoms with Crippen LogP contribution in [0.5, 0.6) is 0 Å². The summed E-state index contributed by atoms with van der Waals surface area (Å²) in [5.74, 6) is 0.717. The van der Waals surface area contributed by atoms with E-state index in [1.165, 1.54) is 16.9 Å². The Balaban J connectivity index is 1.79. The van der Waals surface area contributed by atoms with Gasteiger partial charge in [-0.1, -0.05) is 17.8 Å². The van der Waals surface area contributed by atoms with Crippen LogP contribution in [0.15, 0.2) is 33.3 Å². The number of carbonyl (C=O) groups is 1. The Hall–Kier alpha value is -1.70. The summed E-state index contributed by atoms with van der Waals surface area (Å²) in [5, 5.41) is 4.77. The molecule has 130 valence electrons. The molecule has 0 unspecified atom stereocenters. The average Bonchev–Trinajstić information content (AvgIpc) is 3.18.